The van der Waals surface area contributed by atoms with Gasteiger partial charge in [-0.1, -0.05) is 12.1 Å². The Bertz CT molecular complexity index is 1110. The van der Waals surface area contributed by atoms with E-state index in [9.17, 15) is 26.7 Å². The largest absolute Gasteiger partial charge is 0.497 e. The van der Waals surface area contributed by atoms with Crippen LogP contribution in [0.4, 0.5) is 33.3 Å². The van der Waals surface area contributed by atoms with E-state index in [4.69, 9.17) is 10.5 Å². The molecule has 0 bridgehead atoms. The number of nitrogens with zero attached hydrogens (tertiary/aromatic N) is 2. The second kappa shape index (κ2) is 8.48. The Morgan fingerprint density at radius 2 is 1.78 bits per heavy atom. The minimum absolute atomic E-state index is 0.117. The summed E-state index contributed by atoms with van der Waals surface area (Å²) in [4.78, 5) is 14.3. The zero-order valence-corrected chi connectivity index (χ0v) is 17.0. The number of carbonyl (C=O) groups is 1. The number of H-pyrrole nitrogens is 1. The van der Waals surface area contributed by atoms with Gasteiger partial charge < -0.3 is 15.4 Å². The van der Waals surface area contributed by atoms with Crippen molar-refractivity contribution in [3.8, 4) is 5.75 Å². The van der Waals surface area contributed by atoms with Gasteiger partial charge in [0.1, 0.15) is 11.4 Å². The van der Waals surface area contributed by atoms with Crippen LogP contribution in [0.25, 0.3) is 0 Å². The number of benzene rings is 2. The number of anilines is 2. The highest BCUT2D eigenvalue weighted by molar-refractivity contribution is 6.06. The molecule has 11 heteroatoms. The molecule has 6 nitrogen and oxygen atoms in total. The number of aromatic amines is 1. The molecule has 3 rings (SSSR count). The lowest BCUT2D eigenvalue weighted by Gasteiger charge is -2.25. The Morgan fingerprint density at radius 3 is 2.34 bits per heavy atom. The summed E-state index contributed by atoms with van der Waals surface area (Å²) < 4.78 is 71.9. The zero-order valence-electron chi connectivity index (χ0n) is 17.0. The number of nitrogen functional groups attached to an aromatic ring is 1. The molecule has 0 unspecified atom stereocenters. The fourth-order valence-electron chi connectivity index (χ4n) is 3.04. The van der Waals surface area contributed by atoms with Crippen LogP contribution in [-0.2, 0) is 12.5 Å². The summed E-state index contributed by atoms with van der Waals surface area (Å²) in [7, 11) is 1.44. The van der Waals surface area contributed by atoms with Crippen molar-refractivity contribution in [2.75, 3.05) is 17.7 Å². The maximum Gasteiger partial charge on any atom is 0.459 e. The molecule has 0 radical (unpaired) electrons. The lowest BCUT2D eigenvalue weighted by Crippen LogP contribution is -2.38. The highest BCUT2D eigenvalue weighted by Gasteiger charge is 2.61. The second-order valence-electron chi connectivity index (χ2n) is 7.01. The van der Waals surface area contributed by atoms with Gasteiger partial charge >= 0.3 is 12.1 Å². The van der Waals surface area contributed by atoms with E-state index in [0.717, 1.165) is 10.5 Å². The van der Waals surface area contributed by atoms with Gasteiger partial charge in [0.25, 0.3) is 5.91 Å². The van der Waals surface area contributed by atoms with Gasteiger partial charge in [-0.2, -0.15) is 27.1 Å². The molecule has 0 aliphatic rings. The second-order valence-corrected chi connectivity index (χ2v) is 7.01. The molecule has 0 aliphatic carbocycles. The van der Waals surface area contributed by atoms with Crippen LogP contribution in [0.15, 0.2) is 48.7 Å². The molecular weight excluding hydrogens is 435 g/mol. The number of nitrogens with one attached hydrogen (secondary N) is 1. The molecule has 0 spiro atoms. The first-order valence-corrected chi connectivity index (χ1v) is 9.25. The van der Waals surface area contributed by atoms with Crippen molar-refractivity contribution in [1.29, 1.82) is 0 Å². The van der Waals surface area contributed by atoms with E-state index in [1.807, 2.05) is 0 Å². The third-order valence-corrected chi connectivity index (χ3v) is 4.84. The topological polar surface area (TPSA) is 84.2 Å². The van der Waals surface area contributed by atoms with Crippen LogP contribution >= 0.6 is 0 Å². The van der Waals surface area contributed by atoms with E-state index < -0.39 is 29.3 Å². The lowest BCUT2D eigenvalue weighted by atomic mass is 10.1. The normalized spacial score (nSPS) is 12.0. The van der Waals surface area contributed by atoms with Crippen LogP contribution in [0.1, 0.15) is 27.2 Å². The van der Waals surface area contributed by atoms with E-state index >= 15 is 0 Å². The fraction of sp³-hybridized carbons (Fsp3) is 0.238. The Balaban J connectivity index is 2.06. The molecule has 3 aromatic rings. The predicted octanol–water partition coefficient (Wildman–Crippen LogP) is 4.81. The van der Waals surface area contributed by atoms with Crippen molar-refractivity contribution >= 4 is 17.3 Å². The molecule has 0 aliphatic heterocycles. The number of amides is 1. The van der Waals surface area contributed by atoms with Crippen molar-refractivity contribution in [3.05, 3.63) is 71.0 Å². The standard InChI is InChI=1S/C21H19F5N4O2/c1-12-9-13(3-8-17(12)27)11-30(14-4-6-15(32-2)7-5-14)19(31)16-10-28-29-18(16)20(22,23)21(24,25)26/h3-10H,11,27H2,1-2H3,(H,28,29). The van der Waals surface area contributed by atoms with Gasteiger partial charge in [0.2, 0.25) is 0 Å². The van der Waals surface area contributed by atoms with Crippen molar-refractivity contribution < 1.29 is 31.5 Å². The van der Waals surface area contributed by atoms with Crippen LogP contribution in [0.5, 0.6) is 5.75 Å². The Kier molecular flexibility index (Phi) is 6.11. The van der Waals surface area contributed by atoms with Crippen LogP contribution in [0.2, 0.25) is 0 Å². The molecule has 1 aromatic heterocycles. The summed E-state index contributed by atoms with van der Waals surface area (Å²) in [6, 6.07) is 11.0. The molecule has 170 valence electrons. The number of aromatic nitrogens is 2. The molecule has 0 saturated heterocycles. The monoisotopic (exact) mass is 454 g/mol. The maximum atomic E-state index is 14.0. The fourth-order valence-corrected chi connectivity index (χ4v) is 3.04. The molecule has 1 amide bonds. The number of aryl methyl sites for hydroxylation is 1. The third-order valence-electron chi connectivity index (χ3n) is 4.84. The number of halogens is 5. The van der Waals surface area contributed by atoms with E-state index in [1.165, 1.54) is 31.4 Å². The molecule has 1 heterocycles. The molecule has 0 saturated carbocycles. The average molecular weight is 454 g/mol. The lowest BCUT2D eigenvalue weighted by molar-refractivity contribution is -0.291. The van der Waals surface area contributed by atoms with Crippen molar-refractivity contribution in [3.63, 3.8) is 0 Å². The average Bonchev–Trinajstić information content (AvgIpc) is 3.24. The molecular formula is C21H19F5N4O2. The van der Waals surface area contributed by atoms with E-state index in [0.29, 0.717) is 23.2 Å². The summed E-state index contributed by atoms with van der Waals surface area (Å²) in [5, 5.41) is 4.90. The van der Waals surface area contributed by atoms with Crippen LogP contribution in [0.3, 0.4) is 0 Å². The maximum absolute atomic E-state index is 14.0. The number of methoxy groups -OCH3 is 1. The first kappa shape index (κ1) is 23.0. The molecule has 0 fully saturated rings. The van der Waals surface area contributed by atoms with Crippen molar-refractivity contribution in [2.45, 2.75) is 25.6 Å². The quantitative estimate of drug-likeness (QED) is 0.414. The van der Waals surface area contributed by atoms with Gasteiger partial charge in [-0.3, -0.25) is 9.89 Å². The summed E-state index contributed by atoms with van der Waals surface area (Å²) in [5.41, 5.74) is 5.38. The number of rotatable bonds is 6. The molecule has 0 atom stereocenters. The van der Waals surface area contributed by atoms with Crippen molar-refractivity contribution in [2.24, 2.45) is 0 Å². The molecule has 3 N–H and O–H groups in total. The van der Waals surface area contributed by atoms with Gasteiger partial charge in [0, 0.05) is 11.4 Å². The Labute approximate surface area is 179 Å². The van der Waals surface area contributed by atoms with E-state index in [-0.39, 0.29) is 12.2 Å². The highest BCUT2D eigenvalue weighted by Crippen LogP contribution is 2.44. The minimum Gasteiger partial charge on any atom is -0.497 e. The Morgan fingerprint density at radius 1 is 1.12 bits per heavy atom. The SMILES string of the molecule is COc1ccc(N(Cc2ccc(N)c(C)c2)C(=O)c2cn[nH]c2C(F)(F)C(F)(F)F)cc1. The number of ether oxygens (including phenoxy) is 1. The third kappa shape index (κ3) is 4.36. The van der Waals surface area contributed by atoms with Crippen molar-refractivity contribution in [1.82, 2.24) is 10.2 Å². The molecule has 2 aromatic carbocycles. The van der Waals surface area contributed by atoms with E-state index in [2.05, 4.69) is 5.10 Å². The Hall–Kier alpha value is -3.63. The van der Waals surface area contributed by atoms with Gasteiger partial charge in [0.05, 0.1) is 25.4 Å². The van der Waals surface area contributed by atoms with Crippen LogP contribution in [-0.4, -0.2) is 29.4 Å². The van der Waals surface area contributed by atoms with Gasteiger partial charge in [0.15, 0.2) is 0 Å². The summed E-state index contributed by atoms with van der Waals surface area (Å²) in [6.07, 6.45) is -5.25. The number of carbonyl (C=O) groups excluding carboxylic acids is 1. The predicted molar refractivity (Wildman–Crippen MR) is 108 cm³/mol. The number of alkyl halides is 5. The summed E-state index contributed by atoms with van der Waals surface area (Å²) >= 11 is 0. The number of hydrogen-bond donors (Lipinski definition) is 2. The van der Waals surface area contributed by atoms with Crippen LogP contribution < -0.4 is 15.4 Å². The number of nitrogens with two attached hydrogens (primary N) is 1. The summed E-state index contributed by atoms with van der Waals surface area (Å²) in [5.74, 6) is -5.91. The van der Waals surface area contributed by atoms with Crippen LogP contribution in [0, 0.1) is 6.92 Å². The number of hydrogen-bond acceptors (Lipinski definition) is 4. The minimum atomic E-state index is -5.91. The first-order valence-electron chi connectivity index (χ1n) is 9.25. The van der Waals surface area contributed by atoms with Gasteiger partial charge in [-0.25, -0.2) is 0 Å². The van der Waals surface area contributed by atoms with Gasteiger partial charge in [-0.05, 0) is 48.4 Å². The zero-order chi connectivity index (χ0) is 23.7. The smallest absolute Gasteiger partial charge is 0.459 e. The molecule has 32 heavy (non-hydrogen) atoms. The van der Waals surface area contributed by atoms with E-state index in [1.54, 1.807) is 30.2 Å². The first-order chi connectivity index (χ1) is 15.0. The summed E-state index contributed by atoms with van der Waals surface area (Å²) in [6.45, 7) is 1.63. The highest BCUT2D eigenvalue weighted by atomic mass is 19.4. The van der Waals surface area contributed by atoms with Gasteiger partial charge in [-0.15, -0.1) is 0 Å².